The van der Waals surface area contributed by atoms with Crippen LogP contribution in [-0.4, -0.2) is 41.2 Å². The van der Waals surface area contributed by atoms with Crippen LogP contribution in [0.2, 0.25) is 5.02 Å². The average molecular weight is 482 g/mol. The number of halogens is 2. The van der Waals surface area contributed by atoms with Crippen molar-refractivity contribution in [2.24, 2.45) is 0 Å². The molecule has 2 heterocycles. The molecule has 168 valence electrons. The van der Waals surface area contributed by atoms with Gasteiger partial charge in [-0.3, -0.25) is 14.3 Å². The molecule has 0 aliphatic carbocycles. The van der Waals surface area contributed by atoms with Gasteiger partial charge in [-0.1, -0.05) is 41.9 Å². The minimum absolute atomic E-state index is 0.0705. The fourth-order valence-electron chi connectivity index (χ4n) is 4.71. The molecule has 2 aliphatic rings. The lowest BCUT2D eigenvalue weighted by Crippen LogP contribution is -2.59. The molecule has 2 aliphatic heterocycles. The third-order valence-corrected chi connectivity index (χ3v) is 7.25. The fourth-order valence-corrected chi connectivity index (χ4v) is 5.47. The number of nitrogens with zero attached hydrogens (tertiary/aromatic N) is 2. The summed E-state index contributed by atoms with van der Waals surface area (Å²) in [5.74, 6) is -0.496. The Labute approximate surface area is 200 Å². The smallest absolute Gasteiger partial charge is 0.256 e. The second-order valence-corrected chi connectivity index (χ2v) is 9.44. The van der Waals surface area contributed by atoms with E-state index in [4.69, 9.17) is 11.6 Å². The second-order valence-electron chi connectivity index (χ2n) is 8.04. The molecule has 1 N–H and O–H groups in total. The highest BCUT2D eigenvalue weighted by Crippen LogP contribution is 2.45. The molecule has 0 spiro atoms. The quantitative estimate of drug-likeness (QED) is 0.546. The summed E-state index contributed by atoms with van der Waals surface area (Å²) < 4.78 is 16.2. The Balaban J connectivity index is 1.45. The number of nitrogens with one attached hydrogen (secondary N) is 1. The number of carbonyl (C=O) groups is 2. The van der Waals surface area contributed by atoms with E-state index < -0.39 is 5.66 Å². The van der Waals surface area contributed by atoms with E-state index in [-0.39, 0.29) is 24.2 Å². The lowest BCUT2D eigenvalue weighted by molar-refractivity contribution is -0.138. The lowest BCUT2D eigenvalue weighted by Gasteiger charge is -2.47. The van der Waals surface area contributed by atoms with Gasteiger partial charge in [0.15, 0.2) is 0 Å². The zero-order valence-electron chi connectivity index (χ0n) is 17.6. The van der Waals surface area contributed by atoms with Gasteiger partial charge in [0, 0.05) is 35.0 Å². The van der Waals surface area contributed by atoms with Crippen molar-refractivity contribution in [1.82, 2.24) is 14.5 Å². The summed E-state index contributed by atoms with van der Waals surface area (Å²) in [6.07, 6.45) is 0.507. The summed E-state index contributed by atoms with van der Waals surface area (Å²) in [6, 6.07) is 21.0. The second kappa shape index (κ2) is 8.82. The normalized spacial score (nSPS) is 19.4. The first kappa shape index (κ1) is 21.9. The molecule has 1 fully saturated rings. The molecule has 2 amide bonds. The first-order valence-corrected chi connectivity index (χ1v) is 11.8. The highest BCUT2D eigenvalue weighted by molar-refractivity contribution is 7.97. The van der Waals surface area contributed by atoms with Crippen LogP contribution >= 0.6 is 23.5 Å². The summed E-state index contributed by atoms with van der Waals surface area (Å²) in [6.45, 7) is 0.956. The minimum Gasteiger partial charge on any atom is -0.312 e. The molecule has 0 bridgehead atoms. The van der Waals surface area contributed by atoms with Gasteiger partial charge in [-0.15, -0.1) is 0 Å². The van der Waals surface area contributed by atoms with Crippen molar-refractivity contribution < 1.29 is 14.0 Å². The summed E-state index contributed by atoms with van der Waals surface area (Å²) in [7, 11) is 0. The maximum absolute atomic E-state index is 13.4. The predicted octanol–water partition coefficient (Wildman–Crippen LogP) is 4.47. The van der Waals surface area contributed by atoms with Crippen molar-refractivity contribution in [3.63, 3.8) is 0 Å². The van der Waals surface area contributed by atoms with Gasteiger partial charge < -0.3 is 9.80 Å². The van der Waals surface area contributed by atoms with Crippen molar-refractivity contribution in [2.75, 3.05) is 19.6 Å². The highest BCUT2D eigenvalue weighted by atomic mass is 35.5. The zero-order valence-corrected chi connectivity index (χ0v) is 19.2. The molecule has 5 rings (SSSR count). The largest absolute Gasteiger partial charge is 0.312 e. The fraction of sp³-hybridized carbons (Fsp3) is 0.200. The third-order valence-electron chi connectivity index (χ3n) is 6.20. The van der Waals surface area contributed by atoms with Crippen LogP contribution in [0.5, 0.6) is 0 Å². The van der Waals surface area contributed by atoms with Gasteiger partial charge in [-0.2, -0.15) is 0 Å². The molecule has 5 nitrogen and oxygen atoms in total. The van der Waals surface area contributed by atoms with E-state index >= 15 is 0 Å². The van der Waals surface area contributed by atoms with E-state index in [9.17, 15) is 14.0 Å². The number of benzene rings is 3. The van der Waals surface area contributed by atoms with Crippen LogP contribution in [0.15, 0.2) is 77.7 Å². The van der Waals surface area contributed by atoms with Crippen LogP contribution in [0, 0.1) is 5.82 Å². The Morgan fingerprint density at radius 3 is 2.52 bits per heavy atom. The van der Waals surface area contributed by atoms with Gasteiger partial charge in [0.25, 0.3) is 5.91 Å². The number of amides is 2. The standard InChI is InChI=1S/C25H21ClFN3O2S/c26-19-7-5-18(6-8-19)25-15-17-3-1-2-4-22(17)24(32)30(25)14-13-29(25)23(31)16-28-33-21-11-9-20(27)10-12-21/h1-12,28H,13-16H2. The van der Waals surface area contributed by atoms with E-state index in [1.165, 1.54) is 24.1 Å². The topological polar surface area (TPSA) is 52.7 Å². The molecule has 0 radical (unpaired) electrons. The van der Waals surface area contributed by atoms with Crippen LogP contribution in [0.25, 0.3) is 0 Å². The molecule has 8 heteroatoms. The van der Waals surface area contributed by atoms with Crippen LogP contribution in [0.1, 0.15) is 21.5 Å². The maximum atomic E-state index is 13.4. The van der Waals surface area contributed by atoms with E-state index in [0.29, 0.717) is 30.1 Å². The Morgan fingerprint density at radius 2 is 1.76 bits per heavy atom. The predicted molar refractivity (Wildman–Crippen MR) is 126 cm³/mol. The van der Waals surface area contributed by atoms with Gasteiger partial charge in [0.05, 0.1) is 6.54 Å². The molecule has 3 aromatic rings. The van der Waals surface area contributed by atoms with Gasteiger partial charge in [-0.25, -0.2) is 4.39 Å². The van der Waals surface area contributed by atoms with Crippen molar-refractivity contribution in [3.8, 4) is 0 Å². The van der Waals surface area contributed by atoms with Crippen LogP contribution < -0.4 is 4.72 Å². The van der Waals surface area contributed by atoms with Gasteiger partial charge >= 0.3 is 0 Å². The van der Waals surface area contributed by atoms with E-state index in [2.05, 4.69) is 4.72 Å². The number of hydrogen-bond acceptors (Lipinski definition) is 4. The Morgan fingerprint density at radius 1 is 1.03 bits per heavy atom. The van der Waals surface area contributed by atoms with Crippen molar-refractivity contribution in [3.05, 3.63) is 100 Å². The minimum atomic E-state index is -0.907. The van der Waals surface area contributed by atoms with Gasteiger partial charge in [0.2, 0.25) is 5.91 Å². The Kier molecular flexibility index (Phi) is 5.86. The van der Waals surface area contributed by atoms with Crippen molar-refractivity contribution in [1.29, 1.82) is 0 Å². The lowest BCUT2D eigenvalue weighted by atomic mass is 9.83. The number of carbonyl (C=O) groups excluding carboxylic acids is 2. The monoisotopic (exact) mass is 481 g/mol. The molecular weight excluding hydrogens is 461 g/mol. The van der Waals surface area contributed by atoms with Crippen LogP contribution in [0.4, 0.5) is 4.39 Å². The summed E-state index contributed by atoms with van der Waals surface area (Å²) in [4.78, 5) is 31.3. The zero-order chi connectivity index (χ0) is 23.0. The molecule has 3 aromatic carbocycles. The summed E-state index contributed by atoms with van der Waals surface area (Å²) >= 11 is 7.41. The highest BCUT2D eigenvalue weighted by Gasteiger charge is 2.55. The molecule has 1 atom stereocenters. The number of rotatable bonds is 5. The average Bonchev–Trinajstić information content (AvgIpc) is 3.21. The van der Waals surface area contributed by atoms with Crippen molar-refractivity contribution >= 4 is 35.4 Å². The molecule has 0 aromatic heterocycles. The number of hydrogen-bond donors (Lipinski definition) is 1. The Hall–Kier alpha value is -2.87. The van der Waals surface area contributed by atoms with Crippen LogP contribution in [-0.2, 0) is 16.9 Å². The molecule has 0 saturated carbocycles. The molecular formula is C25H21ClFN3O2S. The summed E-state index contributed by atoms with van der Waals surface area (Å²) in [5.41, 5.74) is 1.55. The Bertz CT molecular complexity index is 1210. The first-order valence-electron chi connectivity index (χ1n) is 10.6. The van der Waals surface area contributed by atoms with Crippen LogP contribution in [0.3, 0.4) is 0 Å². The molecule has 33 heavy (non-hydrogen) atoms. The SMILES string of the molecule is O=C(CNSc1ccc(F)cc1)N1CCN2C(=O)c3ccccc3CC12c1ccc(Cl)cc1. The third kappa shape index (κ3) is 3.90. The maximum Gasteiger partial charge on any atom is 0.256 e. The number of fused-ring (bicyclic) bond motifs is 2. The van der Waals surface area contributed by atoms with Crippen molar-refractivity contribution in [2.45, 2.75) is 17.0 Å². The molecule has 1 unspecified atom stereocenters. The van der Waals surface area contributed by atoms with E-state index in [0.717, 1.165) is 16.0 Å². The van der Waals surface area contributed by atoms with E-state index in [1.807, 2.05) is 41.3 Å². The molecule has 1 saturated heterocycles. The van der Waals surface area contributed by atoms with E-state index in [1.54, 1.807) is 29.2 Å². The van der Waals surface area contributed by atoms with Gasteiger partial charge in [-0.05, 0) is 65.5 Å². The van der Waals surface area contributed by atoms with Gasteiger partial charge in [0.1, 0.15) is 11.5 Å². The first-order chi connectivity index (χ1) is 16.0. The summed E-state index contributed by atoms with van der Waals surface area (Å²) in [5, 5.41) is 0.595.